The molecule has 0 saturated carbocycles. The number of fused-ring (bicyclic) bond motifs is 1. The highest BCUT2D eigenvalue weighted by Gasteiger charge is 2.32. The Morgan fingerprint density at radius 3 is 2.73 bits per heavy atom. The first-order chi connectivity index (χ1) is 14.3. The van der Waals surface area contributed by atoms with Crippen LogP contribution in [0, 0.1) is 11.3 Å². The Bertz CT molecular complexity index is 993. The fraction of sp³-hybridized carbons (Fsp3) is 0.435. The van der Waals surface area contributed by atoms with Gasteiger partial charge in [0.1, 0.15) is 17.4 Å². The molecular weight excluding hydrogens is 382 g/mol. The van der Waals surface area contributed by atoms with Crippen molar-refractivity contribution in [2.75, 3.05) is 19.0 Å². The number of aromatic nitrogens is 1. The largest absolute Gasteiger partial charge is 0.495 e. The number of nitrogens with zero attached hydrogens (tertiary/aromatic N) is 2. The van der Waals surface area contributed by atoms with Crippen LogP contribution in [-0.4, -0.2) is 30.2 Å². The van der Waals surface area contributed by atoms with E-state index < -0.39 is 0 Å². The molecule has 1 aromatic carbocycles. The van der Waals surface area contributed by atoms with Gasteiger partial charge in [0.2, 0.25) is 5.88 Å². The molecule has 0 unspecified atom stereocenters. The third-order valence-corrected chi connectivity index (χ3v) is 5.00. The Hall–Kier alpha value is -3.11. The summed E-state index contributed by atoms with van der Waals surface area (Å²) < 4.78 is 16.9. The summed E-state index contributed by atoms with van der Waals surface area (Å²) in [6.07, 6.45) is 0.581. The van der Waals surface area contributed by atoms with Crippen molar-refractivity contribution in [2.24, 2.45) is 0 Å². The molecule has 30 heavy (non-hydrogen) atoms. The number of ether oxygens (including phenoxy) is 3. The van der Waals surface area contributed by atoms with Crippen molar-refractivity contribution in [1.82, 2.24) is 4.98 Å². The van der Waals surface area contributed by atoms with E-state index in [1.807, 2.05) is 33.8 Å². The number of anilines is 1. The van der Waals surface area contributed by atoms with Crippen molar-refractivity contribution in [1.29, 1.82) is 5.26 Å². The second kappa shape index (κ2) is 8.72. The predicted octanol–water partition coefficient (Wildman–Crippen LogP) is 3.95. The number of methoxy groups -OCH3 is 1. The Morgan fingerprint density at radius 1 is 1.33 bits per heavy atom. The van der Waals surface area contributed by atoms with Crippen LogP contribution < -0.4 is 14.8 Å². The third kappa shape index (κ3) is 4.55. The minimum atomic E-state index is -0.382. The Labute approximate surface area is 177 Å². The van der Waals surface area contributed by atoms with Gasteiger partial charge in [-0.1, -0.05) is 26.0 Å². The van der Waals surface area contributed by atoms with Crippen LogP contribution >= 0.6 is 0 Å². The molecule has 2 aromatic rings. The molecule has 1 aliphatic rings. The van der Waals surface area contributed by atoms with Crippen LogP contribution in [0.5, 0.6) is 11.6 Å². The molecule has 1 aromatic heterocycles. The number of carbonyl (C=O) groups excluding carboxylic acids is 1. The number of hydrogen-bond acceptors (Lipinski definition) is 6. The van der Waals surface area contributed by atoms with Crippen molar-refractivity contribution < 1.29 is 19.0 Å². The fourth-order valence-corrected chi connectivity index (χ4v) is 3.53. The topological polar surface area (TPSA) is 93.5 Å². The second-order valence-corrected chi connectivity index (χ2v) is 8.16. The number of nitriles is 1. The molecule has 1 aliphatic heterocycles. The standard InChI is InChI=1S/C23H27N3O4/c1-14(2)21-17-12-30-23(3,4)10-15(17)16(11-24)22(26-21)29-13-20(27)25-18-8-6-7-9-19(18)28-5/h6-9,14H,10,12-13H2,1-5H3,(H,25,27). The smallest absolute Gasteiger partial charge is 0.262 e. The van der Waals surface area contributed by atoms with Crippen LogP contribution in [0.2, 0.25) is 0 Å². The highest BCUT2D eigenvalue weighted by Crippen LogP contribution is 2.37. The van der Waals surface area contributed by atoms with Gasteiger partial charge in [-0.25, -0.2) is 4.98 Å². The van der Waals surface area contributed by atoms with Crippen LogP contribution in [0.3, 0.4) is 0 Å². The lowest BCUT2D eigenvalue weighted by atomic mass is 9.86. The fourth-order valence-electron chi connectivity index (χ4n) is 3.53. The van der Waals surface area contributed by atoms with Crippen molar-refractivity contribution >= 4 is 11.6 Å². The summed E-state index contributed by atoms with van der Waals surface area (Å²) in [4.78, 5) is 17.0. The van der Waals surface area contributed by atoms with E-state index in [2.05, 4.69) is 16.4 Å². The van der Waals surface area contributed by atoms with Gasteiger partial charge in [-0.15, -0.1) is 0 Å². The van der Waals surface area contributed by atoms with Crippen molar-refractivity contribution in [3.63, 3.8) is 0 Å². The van der Waals surface area contributed by atoms with Gasteiger partial charge >= 0.3 is 0 Å². The summed E-state index contributed by atoms with van der Waals surface area (Å²) in [6.45, 7) is 8.20. The van der Waals surface area contributed by atoms with E-state index in [4.69, 9.17) is 14.2 Å². The minimum Gasteiger partial charge on any atom is -0.495 e. The molecule has 0 fully saturated rings. The van der Waals surface area contributed by atoms with Gasteiger partial charge in [-0.05, 0) is 37.5 Å². The molecule has 7 heteroatoms. The van der Waals surface area contributed by atoms with Gasteiger partial charge in [0.05, 0.1) is 30.7 Å². The zero-order valence-electron chi connectivity index (χ0n) is 18.0. The summed E-state index contributed by atoms with van der Waals surface area (Å²) >= 11 is 0. The molecule has 0 saturated heterocycles. The lowest BCUT2D eigenvalue weighted by Gasteiger charge is -2.34. The van der Waals surface area contributed by atoms with Crippen LogP contribution in [0.4, 0.5) is 5.69 Å². The van der Waals surface area contributed by atoms with Gasteiger partial charge in [0.25, 0.3) is 5.91 Å². The molecule has 0 atom stereocenters. The number of hydrogen-bond donors (Lipinski definition) is 1. The normalized spacial score (nSPS) is 14.6. The lowest BCUT2D eigenvalue weighted by molar-refractivity contribution is -0.118. The first kappa shape index (κ1) is 21.6. The number of carbonyl (C=O) groups is 1. The van der Waals surface area contributed by atoms with Gasteiger partial charge in [0, 0.05) is 12.0 Å². The van der Waals surface area contributed by atoms with Crippen LogP contribution in [0.1, 0.15) is 56.0 Å². The molecule has 158 valence electrons. The molecule has 2 heterocycles. The number of amides is 1. The van der Waals surface area contributed by atoms with Crippen molar-refractivity contribution in [2.45, 2.75) is 52.2 Å². The monoisotopic (exact) mass is 409 g/mol. The highest BCUT2D eigenvalue weighted by atomic mass is 16.5. The average Bonchev–Trinajstić information content (AvgIpc) is 2.70. The molecule has 1 N–H and O–H groups in total. The maximum Gasteiger partial charge on any atom is 0.262 e. The van der Waals surface area contributed by atoms with E-state index in [0.717, 1.165) is 16.8 Å². The Morgan fingerprint density at radius 2 is 2.07 bits per heavy atom. The molecule has 0 spiro atoms. The van der Waals surface area contributed by atoms with Gasteiger partial charge in [0.15, 0.2) is 6.61 Å². The Kier molecular flexibility index (Phi) is 6.28. The van der Waals surface area contributed by atoms with E-state index in [1.165, 1.54) is 7.11 Å². The maximum atomic E-state index is 12.4. The summed E-state index contributed by atoms with van der Waals surface area (Å²) in [5, 5.41) is 12.6. The van der Waals surface area contributed by atoms with Gasteiger partial charge in [-0.3, -0.25) is 4.79 Å². The molecule has 0 radical (unpaired) electrons. The average molecular weight is 409 g/mol. The molecule has 3 rings (SSSR count). The zero-order chi connectivity index (χ0) is 21.9. The number of para-hydroxylation sites is 2. The first-order valence-corrected chi connectivity index (χ1v) is 9.91. The number of nitrogens with one attached hydrogen (secondary N) is 1. The van der Waals surface area contributed by atoms with Crippen molar-refractivity contribution in [3.05, 3.63) is 46.6 Å². The number of rotatable bonds is 6. The van der Waals surface area contributed by atoms with E-state index in [0.29, 0.717) is 30.0 Å². The first-order valence-electron chi connectivity index (χ1n) is 9.91. The van der Waals surface area contributed by atoms with Crippen LogP contribution in [-0.2, 0) is 22.6 Å². The number of benzene rings is 1. The SMILES string of the molecule is COc1ccccc1NC(=O)COc1nc(C(C)C)c2c(c1C#N)CC(C)(C)OC2. The lowest BCUT2D eigenvalue weighted by Crippen LogP contribution is -2.33. The van der Waals surface area contributed by atoms with Crippen molar-refractivity contribution in [3.8, 4) is 17.7 Å². The quantitative estimate of drug-likeness (QED) is 0.776. The van der Waals surface area contributed by atoms with E-state index in [-0.39, 0.29) is 29.9 Å². The van der Waals surface area contributed by atoms with Crippen LogP contribution in [0.15, 0.2) is 24.3 Å². The summed E-state index contributed by atoms with van der Waals surface area (Å²) in [6, 6.07) is 9.35. The summed E-state index contributed by atoms with van der Waals surface area (Å²) in [5.41, 5.74) is 3.22. The summed E-state index contributed by atoms with van der Waals surface area (Å²) in [7, 11) is 1.54. The predicted molar refractivity (Wildman–Crippen MR) is 113 cm³/mol. The molecule has 0 bridgehead atoms. The van der Waals surface area contributed by atoms with Crippen LogP contribution in [0.25, 0.3) is 0 Å². The zero-order valence-corrected chi connectivity index (χ0v) is 18.0. The van der Waals surface area contributed by atoms with E-state index in [1.54, 1.807) is 18.2 Å². The van der Waals surface area contributed by atoms with Gasteiger partial charge < -0.3 is 19.5 Å². The van der Waals surface area contributed by atoms with Gasteiger partial charge in [-0.2, -0.15) is 5.26 Å². The molecule has 1 amide bonds. The minimum absolute atomic E-state index is 0.126. The summed E-state index contributed by atoms with van der Waals surface area (Å²) in [5.74, 6) is 0.506. The van der Waals surface area contributed by atoms with E-state index >= 15 is 0 Å². The second-order valence-electron chi connectivity index (χ2n) is 8.16. The van der Waals surface area contributed by atoms with E-state index in [9.17, 15) is 10.1 Å². The maximum absolute atomic E-state index is 12.4. The molecular formula is C23H27N3O4. The highest BCUT2D eigenvalue weighted by molar-refractivity contribution is 5.93. The third-order valence-electron chi connectivity index (χ3n) is 5.00. The molecule has 7 nitrogen and oxygen atoms in total. The number of pyridine rings is 1. The molecule has 0 aliphatic carbocycles. The Balaban J connectivity index is 1.86.